The van der Waals surface area contributed by atoms with Crippen molar-refractivity contribution in [3.63, 3.8) is 0 Å². The van der Waals surface area contributed by atoms with Crippen LogP contribution in [0, 0.1) is 0 Å². The number of benzene rings is 2. The van der Waals surface area contributed by atoms with Crippen LogP contribution in [0.1, 0.15) is 10.5 Å². The molecule has 7 heteroatoms. The summed E-state index contributed by atoms with van der Waals surface area (Å²) in [5, 5.41) is 11.9. The third-order valence-corrected chi connectivity index (χ3v) is 5.19. The van der Waals surface area contributed by atoms with Gasteiger partial charge >= 0.3 is 0 Å². The summed E-state index contributed by atoms with van der Waals surface area (Å²) in [5.74, 6) is -0.232. The predicted octanol–water partition coefficient (Wildman–Crippen LogP) is 4.71. The number of H-pyrrole nitrogens is 1. The van der Waals surface area contributed by atoms with E-state index in [1.54, 1.807) is 17.4 Å². The Balaban J connectivity index is 1.31. The number of aromatic amines is 1. The van der Waals surface area contributed by atoms with Gasteiger partial charge in [-0.25, -0.2) is 4.98 Å². The molecule has 0 saturated carbocycles. The first-order valence-electron chi connectivity index (χ1n) is 8.71. The zero-order chi connectivity index (χ0) is 18.9. The molecule has 0 atom stereocenters. The number of nitrogens with one attached hydrogen (secondary N) is 2. The number of carbonyl (C=O) groups is 1. The lowest BCUT2D eigenvalue weighted by atomic mass is 10.1. The van der Waals surface area contributed by atoms with E-state index in [4.69, 9.17) is 0 Å². The summed E-state index contributed by atoms with van der Waals surface area (Å²) in [7, 11) is 0. The van der Waals surface area contributed by atoms with E-state index in [1.165, 1.54) is 0 Å². The highest BCUT2D eigenvalue weighted by molar-refractivity contribution is 7.15. The Morgan fingerprint density at radius 2 is 1.79 bits per heavy atom. The first kappa shape index (κ1) is 16.5. The van der Waals surface area contributed by atoms with Crippen molar-refractivity contribution < 1.29 is 4.79 Å². The minimum atomic E-state index is -0.232. The van der Waals surface area contributed by atoms with Crippen molar-refractivity contribution in [1.29, 1.82) is 0 Å². The second-order valence-corrected chi connectivity index (χ2v) is 7.16. The Hall–Kier alpha value is -3.71. The molecule has 5 aromatic rings. The van der Waals surface area contributed by atoms with E-state index in [0.717, 1.165) is 27.5 Å². The molecule has 0 radical (unpaired) electrons. The van der Waals surface area contributed by atoms with Gasteiger partial charge in [0.1, 0.15) is 5.69 Å². The predicted molar refractivity (Wildman–Crippen MR) is 110 cm³/mol. The lowest BCUT2D eigenvalue weighted by Gasteiger charge is -2.04. The monoisotopic (exact) mass is 385 g/mol. The molecule has 0 bridgehead atoms. The highest BCUT2D eigenvalue weighted by Gasteiger charge is 2.12. The van der Waals surface area contributed by atoms with Crippen molar-refractivity contribution in [3.05, 3.63) is 84.1 Å². The van der Waals surface area contributed by atoms with Crippen LogP contribution >= 0.6 is 11.3 Å². The highest BCUT2D eigenvalue weighted by atomic mass is 32.1. The molecule has 136 valence electrons. The molecular weight excluding hydrogens is 370 g/mol. The van der Waals surface area contributed by atoms with Gasteiger partial charge in [0.2, 0.25) is 0 Å². The standard InChI is InChI=1S/C21H15N5OS/c27-20(18-12-17(24-25-18)14-4-2-1-3-5-14)22-16-8-6-15(7-9-16)19-13-26-10-11-28-21(26)23-19/h1-13H,(H,22,27)(H,24,25). The van der Waals surface area contributed by atoms with E-state index >= 15 is 0 Å². The topological polar surface area (TPSA) is 75.1 Å². The summed E-state index contributed by atoms with van der Waals surface area (Å²) in [5.41, 5.74) is 4.73. The van der Waals surface area contributed by atoms with Gasteiger partial charge in [0.15, 0.2) is 4.96 Å². The maximum Gasteiger partial charge on any atom is 0.273 e. The average molecular weight is 385 g/mol. The van der Waals surface area contributed by atoms with E-state index in [1.807, 2.05) is 76.8 Å². The van der Waals surface area contributed by atoms with Gasteiger partial charge in [-0.15, -0.1) is 11.3 Å². The number of rotatable bonds is 4. The number of nitrogens with zero attached hydrogens (tertiary/aromatic N) is 3. The number of carbonyl (C=O) groups excluding carboxylic acids is 1. The first-order valence-corrected chi connectivity index (χ1v) is 9.59. The van der Waals surface area contributed by atoms with Crippen LogP contribution in [0.4, 0.5) is 5.69 Å². The smallest absolute Gasteiger partial charge is 0.273 e. The second kappa shape index (κ2) is 6.79. The fourth-order valence-corrected chi connectivity index (χ4v) is 3.68. The van der Waals surface area contributed by atoms with Crippen molar-refractivity contribution in [2.75, 3.05) is 5.32 Å². The number of hydrogen-bond donors (Lipinski definition) is 2. The van der Waals surface area contributed by atoms with Gasteiger partial charge in [0, 0.05) is 34.6 Å². The molecule has 0 aliphatic heterocycles. The normalized spacial score (nSPS) is 11.0. The molecule has 28 heavy (non-hydrogen) atoms. The minimum Gasteiger partial charge on any atom is -0.321 e. The van der Waals surface area contributed by atoms with Crippen LogP contribution in [0.5, 0.6) is 0 Å². The lowest BCUT2D eigenvalue weighted by molar-refractivity contribution is 0.102. The molecule has 3 aromatic heterocycles. The highest BCUT2D eigenvalue weighted by Crippen LogP contribution is 2.23. The minimum absolute atomic E-state index is 0.232. The Bertz CT molecular complexity index is 1220. The first-order chi connectivity index (χ1) is 13.8. The summed E-state index contributed by atoms with van der Waals surface area (Å²) in [4.78, 5) is 18.1. The summed E-state index contributed by atoms with van der Waals surface area (Å²) in [6, 6.07) is 19.1. The van der Waals surface area contributed by atoms with Crippen LogP contribution in [0.25, 0.3) is 27.5 Å². The molecule has 3 heterocycles. The number of aromatic nitrogens is 4. The maximum absolute atomic E-state index is 12.5. The quantitative estimate of drug-likeness (QED) is 0.471. The number of hydrogen-bond acceptors (Lipinski definition) is 4. The van der Waals surface area contributed by atoms with Crippen molar-refractivity contribution >= 4 is 27.9 Å². The van der Waals surface area contributed by atoms with Gasteiger partial charge in [-0.3, -0.25) is 14.3 Å². The zero-order valence-electron chi connectivity index (χ0n) is 14.7. The van der Waals surface area contributed by atoms with E-state index in [-0.39, 0.29) is 5.91 Å². The third-order valence-electron chi connectivity index (χ3n) is 4.42. The lowest BCUT2D eigenvalue weighted by Crippen LogP contribution is -2.12. The summed E-state index contributed by atoms with van der Waals surface area (Å²) in [6.45, 7) is 0. The Kier molecular flexibility index (Phi) is 3.99. The number of thiazole rings is 1. The molecule has 0 aliphatic carbocycles. The molecule has 0 unspecified atom stereocenters. The van der Waals surface area contributed by atoms with Crippen molar-refractivity contribution in [3.8, 4) is 22.5 Å². The van der Waals surface area contributed by atoms with Crippen molar-refractivity contribution in [1.82, 2.24) is 19.6 Å². The van der Waals surface area contributed by atoms with Gasteiger partial charge in [-0.05, 0) is 18.2 Å². The van der Waals surface area contributed by atoms with E-state index in [9.17, 15) is 4.79 Å². The van der Waals surface area contributed by atoms with Crippen LogP contribution in [0.2, 0.25) is 0 Å². The summed E-state index contributed by atoms with van der Waals surface area (Å²) < 4.78 is 2.00. The average Bonchev–Trinajstić information content (AvgIpc) is 3.45. The second-order valence-electron chi connectivity index (χ2n) is 6.28. The summed E-state index contributed by atoms with van der Waals surface area (Å²) in [6.07, 6.45) is 3.98. The van der Waals surface area contributed by atoms with Gasteiger partial charge in [-0.1, -0.05) is 42.5 Å². The molecule has 0 fully saturated rings. The van der Waals surface area contributed by atoms with Gasteiger partial charge in [0.25, 0.3) is 5.91 Å². The Morgan fingerprint density at radius 3 is 2.57 bits per heavy atom. The molecule has 5 rings (SSSR count). The van der Waals surface area contributed by atoms with Crippen LogP contribution < -0.4 is 5.32 Å². The van der Waals surface area contributed by atoms with Crippen LogP contribution in [-0.2, 0) is 0 Å². The molecule has 0 saturated heterocycles. The molecular formula is C21H15N5OS. The molecule has 2 aromatic carbocycles. The number of amides is 1. The van der Waals surface area contributed by atoms with E-state index < -0.39 is 0 Å². The molecule has 0 spiro atoms. The zero-order valence-corrected chi connectivity index (χ0v) is 15.5. The van der Waals surface area contributed by atoms with Crippen molar-refractivity contribution in [2.45, 2.75) is 0 Å². The van der Waals surface area contributed by atoms with Crippen LogP contribution in [-0.4, -0.2) is 25.5 Å². The molecule has 0 aliphatic rings. The van der Waals surface area contributed by atoms with Gasteiger partial charge in [0.05, 0.1) is 11.4 Å². The van der Waals surface area contributed by atoms with E-state index in [2.05, 4.69) is 20.5 Å². The number of imidazole rings is 1. The molecule has 1 amide bonds. The number of anilines is 1. The Labute approximate surface area is 164 Å². The van der Waals surface area contributed by atoms with Gasteiger partial charge in [-0.2, -0.15) is 5.10 Å². The Morgan fingerprint density at radius 1 is 1.00 bits per heavy atom. The third kappa shape index (κ3) is 3.08. The fourth-order valence-electron chi connectivity index (χ4n) is 2.98. The molecule has 2 N–H and O–H groups in total. The SMILES string of the molecule is O=C(Nc1ccc(-c2cn3ccsc3n2)cc1)c1cc(-c2ccccc2)n[nH]1. The van der Waals surface area contributed by atoms with Crippen molar-refractivity contribution in [2.24, 2.45) is 0 Å². The summed E-state index contributed by atoms with van der Waals surface area (Å²) >= 11 is 1.60. The van der Waals surface area contributed by atoms with Gasteiger partial charge < -0.3 is 5.32 Å². The van der Waals surface area contributed by atoms with Crippen LogP contribution in [0.3, 0.4) is 0 Å². The molecule has 6 nitrogen and oxygen atoms in total. The maximum atomic E-state index is 12.5. The fraction of sp³-hybridized carbons (Fsp3) is 0. The van der Waals surface area contributed by atoms with E-state index in [0.29, 0.717) is 11.4 Å². The van der Waals surface area contributed by atoms with Crippen LogP contribution in [0.15, 0.2) is 78.4 Å². The number of fused-ring (bicyclic) bond motifs is 1. The largest absolute Gasteiger partial charge is 0.321 e.